The minimum absolute atomic E-state index is 0.223. The molecule has 0 aliphatic carbocycles. The van der Waals surface area contributed by atoms with Crippen LogP contribution in [0.25, 0.3) is 0 Å². The van der Waals surface area contributed by atoms with E-state index < -0.39 is 0 Å². The van der Waals surface area contributed by atoms with Crippen molar-refractivity contribution in [1.29, 1.82) is 0 Å². The van der Waals surface area contributed by atoms with Gasteiger partial charge in [-0.3, -0.25) is 9.59 Å². The molecule has 0 bridgehead atoms. The molecule has 5 heteroatoms. The Kier molecular flexibility index (Phi) is 6.23. The van der Waals surface area contributed by atoms with Crippen LogP contribution in [0.15, 0.2) is 78.9 Å². The lowest BCUT2D eigenvalue weighted by molar-refractivity contribution is 0.0950. The van der Waals surface area contributed by atoms with Crippen LogP contribution in [0.4, 0.5) is 0 Å². The lowest BCUT2D eigenvalue weighted by atomic mass is 10.1. The fourth-order valence-electron chi connectivity index (χ4n) is 2.60. The summed E-state index contributed by atoms with van der Waals surface area (Å²) >= 11 is 6.10. The molecule has 0 fully saturated rings. The minimum atomic E-state index is -0.257. The fourth-order valence-corrected chi connectivity index (χ4v) is 2.80. The van der Waals surface area contributed by atoms with Crippen molar-refractivity contribution in [3.05, 3.63) is 106 Å². The SMILES string of the molecule is O=C(NCc1ccccc1)c1cccc(C(=O)NCc2ccccc2Cl)c1. The number of halogens is 1. The summed E-state index contributed by atoms with van der Waals surface area (Å²) in [4.78, 5) is 24.8. The van der Waals surface area contributed by atoms with Gasteiger partial charge in [0.25, 0.3) is 11.8 Å². The van der Waals surface area contributed by atoms with Crippen molar-refractivity contribution in [1.82, 2.24) is 10.6 Å². The van der Waals surface area contributed by atoms with Crippen LogP contribution in [-0.4, -0.2) is 11.8 Å². The Morgan fingerprint density at radius 1 is 0.704 bits per heavy atom. The number of benzene rings is 3. The summed E-state index contributed by atoms with van der Waals surface area (Å²) in [7, 11) is 0. The number of hydrogen-bond acceptors (Lipinski definition) is 2. The molecule has 0 aromatic heterocycles. The first kappa shape index (κ1) is 18.7. The van der Waals surface area contributed by atoms with E-state index in [1.165, 1.54) is 0 Å². The average molecular weight is 379 g/mol. The summed E-state index contributed by atoms with van der Waals surface area (Å²) in [5.74, 6) is -0.479. The van der Waals surface area contributed by atoms with E-state index in [1.807, 2.05) is 48.5 Å². The third kappa shape index (κ3) is 5.19. The van der Waals surface area contributed by atoms with Gasteiger partial charge in [0.1, 0.15) is 0 Å². The second-order valence-corrected chi connectivity index (χ2v) is 6.43. The summed E-state index contributed by atoms with van der Waals surface area (Å²) in [6.45, 7) is 0.755. The van der Waals surface area contributed by atoms with Crippen molar-refractivity contribution < 1.29 is 9.59 Å². The molecule has 0 saturated heterocycles. The highest BCUT2D eigenvalue weighted by atomic mass is 35.5. The van der Waals surface area contributed by atoms with Gasteiger partial charge in [-0.05, 0) is 35.4 Å². The van der Waals surface area contributed by atoms with Crippen LogP contribution in [0, 0.1) is 0 Å². The molecular formula is C22H19ClN2O2. The fraction of sp³-hybridized carbons (Fsp3) is 0.0909. The van der Waals surface area contributed by atoms with E-state index in [9.17, 15) is 9.59 Å². The minimum Gasteiger partial charge on any atom is -0.348 e. The first-order valence-electron chi connectivity index (χ1n) is 8.57. The van der Waals surface area contributed by atoms with Crippen LogP contribution in [0.3, 0.4) is 0 Å². The third-order valence-corrected chi connectivity index (χ3v) is 4.45. The molecule has 0 unspecified atom stereocenters. The molecular weight excluding hydrogens is 360 g/mol. The normalized spacial score (nSPS) is 10.3. The standard InChI is InChI=1S/C22H19ClN2O2/c23-20-12-5-4-9-19(20)15-25-22(27)18-11-6-10-17(13-18)21(26)24-14-16-7-2-1-3-8-16/h1-13H,14-15H2,(H,24,26)(H,25,27). The third-order valence-electron chi connectivity index (χ3n) is 4.08. The van der Waals surface area contributed by atoms with E-state index in [0.29, 0.717) is 29.2 Å². The van der Waals surface area contributed by atoms with Crippen LogP contribution in [-0.2, 0) is 13.1 Å². The van der Waals surface area contributed by atoms with Gasteiger partial charge in [-0.2, -0.15) is 0 Å². The summed E-state index contributed by atoms with van der Waals surface area (Å²) in [6, 6.07) is 23.6. The maximum Gasteiger partial charge on any atom is 0.251 e. The van der Waals surface area contributed by atoms with E-state index in [0.717, 1.165) is 11.1 Å². The van der Waals surface area contributed by atoms with Gasteiger partial charge >= 0.3 is 0 Å². The second kappa shape index (κ2) is 9.01. The van der Waals surface area contributed by atoms with E-state index in [4.69, 9.17) is 11.6 Å². The highest BCUT2D eigenvalue weighted by Crippen LogP contribution is 2.14. The molecule has 0 heterocycles. The second-order valence-electron chi connectivity index (χ2n) is 6.02. The van der Waals surface area contributed by atoms with E-state index in [2.05, 4.69) is 10.6 Å². The Hall–Kier alpha value is -3.11. The Morgan fingerprint density at radius 3 is 1.96 bits per heavy atom. The maximum absolute atomic E-state index is 12.4. The largest absolute Gasteiger partial charge is 0.348 e. The zero-order valence-corrected chi connectivity index (χ0v) is 15.4. The van der Waals surface area contributed by atoms with E-state index >= 15 is 0 Å². The van der Waals surface area contributed by atoms with Crippen LogP contribution >= 0.6 is 11.6 Å². The van der Waals surface area contributed by atoms with Gasteiger partial charge < -0.3 is 10.6 Å². The van der Waals surface area contributed by atoms with Crippen LogP contribution in [0.1, 0.15) is 31.8 Å². The number of nitrogens with one attached hydrogen (secondary N) is 2. The Labute approximate surface area is 163 Å². The number of hydrogen-bond donors (Lipinski definition) is 2. The van der Waals surface area contributed by atoms with Crippen molar-refractivity contribution in [3.8, 4) is 0 Å². The Morgan fingerprint density at radius 2 is 1.30 bits per heavy atom. The van der Waals surface area contributed by atoms with Gasteiger partial charge in [-0.15, -0.1) is 0 Å². The average Bonchev–Trinajstić information content (AvgIpc) is 2.72. The summed E-state index contributed by atoms with van der Waals surface area (Å²) in [5.41, 5.74) is 2.72. The maximum atomic E-state index is 12.4. The molecule has 0 aliphatic heterocycles. The zero-order valence-electron chi connectivity index (χ0n) is 14.6. The molecule has 0 atom stereocenters. The number of amides is 2. The lowest BCUT2D eigenvalue weighted by Gasteiger charge is -2.09. The summed E-state index contributed by atoms with van der Waals surface area (Å²) < 4.78 is 0. The predicted octanol–water partition coefficient (Wildman–Crippen LogP) is 4.20. The highest BCUT2D eigenvalue weighted by Gasteiger charge is 2.11. The van der Waals surface area contributed by atoms with Crippen LogP contribution < -0.4 is 10.6 Å². The predicted molar refractivity (Wildman–Crippen MR) is 107 cm³/mol. The molecule has 2 N–H and O–H groups in total. The summed E-state index contributed by atoms with van der Waals surface area (Å²) in [5, 5.41) is 6.29. The van der Waals surface area contributed by atoms with Crippen LogP contribution in [0.2, 0.25) is 5.02 Å². The van der Waals surface area contributed by atoms with Gasteiger partial charge in [-0.1, -0.05) is 66.2 Å². The molecule has 3 aromatic carbocycles. The molecule has 4 nitrogen and oxygen atoms in total. The molecule has 0 spiro atoms. The van der Waals surface area contributed by atoms with E-state index in [1.54, 1.807) is 30.3 Å². The number of carbonyl (C=O) groups is 2. The van der Waals surface area contributed by atoms with Gasteiger partial charge in [-0.25, -0.2) is 0 Å². The smallest absolute Gasteiger partial charge is 0.251 e. The molecule has 0 radical (unpaired) electrons. The van der Waals surface area contributed by atoms with Crippen molar-refractivity contribution in [2.45, 2.75) is 13.1 Å². The van der Waals surface area contributed by atoms with Crippen molar-refractivity contribution in [2.75, 3.05) is 0 Å². The van der Waals surface area contributed by atoms with Crippen molar-refractivity contribution >= 4 is 23.4 Å². The van der Waals surface area contributed by atoms with Gasteiger partial charge in [0, 0.05) is 29.2 Å². The molecule has 3 rings (SSSR count). The highest BCUT2D eigenvalue weighted by molar-refractivity contribution is 6.31. The number of rotatable bonds is 6. The topological polar surface area (TPSA) is 58.2 Å². The first-order valence-corrected chi connectivity index (χ1v) is 8.95. The molecule has 3 aromatic rings. The zero-order chi connectivity index (χ0) is 19.1. The van der Waals surface area contributed by atoms with Gasteiger partial charge in [0.05, 0.1) is 0 Å². The molecule has 136 valence electrons. The van der Waals surface area contributed by atoms with E-state index in [-0.39, 0.29) is 11.8 Å². The lowest BCUT2D eigenvalue weighted by Crippen LogP contribution is -2.25. The van der Waals surface area contributed by atoms with Crippen molar-refractivity contribution in [3.63, 3.8) is 0 Å². The summed E-state index contributed by atoms with van der Waals surface area (Å²) in [6.07, 6.45) is 0. The Balaban J connectivity index is 1.61. The molecule has 0 aliphatic rings. The quantitative estimate of drug-likeness (QED) is 0.675. The van der Waals surface area contributed by atoms with Gasteiger partial charge in [0.15, 0.2) is 0 Å². The molecule has 0 saturated carbocycles. The van der Waals surface area contributed by atoms with Crippen molar-refractivity contribution in [2.24, 2.45) is 0 Å². The molecule has 2 amide bonds. The first-order chi connectivity index (χ1) is 13.1. The number of carbonyl (C=O) groups excluding carboxylic acids is 2. The van der Waals surface area contributed by atoms with Crippen LogP contribution in [0.5, 0.6) is 0 Å². The Bertz CT molecular complexity index is 942. The monoisotopic (exact) mass is 378 g/mol. The van der Waals surface area contributed by atoms with Gasteiger partial charge in [0.2, 0.25) is 0 Å². The molecule has 27 heavy (non-hydrogen) atoms.